The number of nitrogens with two attached hydrogens (primary N) is 1. The number of benzene rings is 2. The summed E-state index contributed by atoms with van der Waals surface area (Å²) >= 11 is 0. The molecule has 0 saturated heterocycles. The Bertz CT molecular complexity index is 597. The van der Waals surface area contributed by atoms with Crippen LogP contribution in [0.15, 0.2) is 42.5 Å². The van der Waals surface area contributed by atoms with Crippen LogP contribution in [0, 0.1) is 11.6 Å². The number of carbonyl (C=O) groups excluding carboxylic acids is 1. The molecule has 0 aliphatic rings. The van der Waals surface area contributed by atoms with Crippen LogP contribution in [0.3, 0.4) is 0 Å². The maximum atomic E-state index is 13.4. The van der Waals surface area contributed by atoms with E-state index in [1.165, 1.54) is 0 Å². The summed E-state index contributed by atoms with van der Waals surface area (Å²) in [6.45, 7) is 0.246. The Labute approximate surface area is 109 Å². The third kappa shape index (κ3) is 3.28. The van der Waals surface area contributed by atoms with Gasteiger partial charge in [-0.15, -0.1) is 0 Å². The average molecular weight is 262 g/mol. The van der Waals surface area contributed by atoms with E-state index in [1.807, 2.05) is 0 Å². The Hall–Kier alpha value is -2.43. The molecule has 2 aromatic carbocycles. The fourth-order valence-electron chi connectivity index (χ4n) is 1.59. The van der Waals surface area contributed by atoms with Crippen molar-refractivity contribution in [3.8, 4) is 0 Å². The van der Waals surface area contributed by atoms with E-state index >= 15 is 0 Å². The van der Waals surface area contributed by atoms with Crippen molar-refractivity contribution in [1.29, 1.82) is 0 Å². The Balaban J connectivity index is 2.03. The van der Waals surface area contributed by atoms with Crippen molar-refractivity contribution in [2.24, 2.45) is 0 Å². The van der Waals surface area contributed by atoms with Crippen LogP contribution >= 0.6 is 0 Å². The second-order valence-electron chi connectivity index (χ2n) is 4.05. The zero-order valence-corrected chi connectivity index (χ0v) is 9.99. The molecule has 0 atom stereocenters. The number of amides is 1. The van der Waals surface area contributed by atoms with E-state index in [1.54, 1.807) is 24.3 Å². The molecule has 3 N–H and O–H groups in total. The second-order valence-corrected chi connectivity index (χ2v) is 4.05. The minimum absolute atomic E-state index is 0.183. The maximum Gasteiger partial charge on any atom is 0.254 e. The first kappa shape index (κ1) is 13.0. The van der Waals surface area contributed by atoms with Gasteiger partial charge in [0.1, 0.15) is 11.6 Å². The van der Waals surface area contributed by atoms with Gasteiger partial charge in [0.2, 0.25) is 0 Å². The molecule has 0 radical (unpaired) electrons. The van der Waals surface area contributed by atoms with E-state index in [0.717, 1.165) is 17.7 Å². The minimum Gasteiger partial charge on any atom is -0.399 e. The van der Waals surface area contributed by atoms with E-state index in [9.17, 15) is 13.6 Å². The molecule has 0 aromatic heterocycles. The van der Waals surface area contributed by atoms with Crippen molar-refractivity contribution in [3.63, 3.8) is 0 Å². The molecule has 1 amide bonds. The molecule has 2 rings (SSSR count). The van der Waals surface area contributed by atoms with Crippen LogP contribution in [-0.2, 0) is 6.54 Å². The quantitative estimate of drug-likeness (QED) is 0.835. The molecule has 0 heterocycles. The minimum atomic E-state index is -0.880. The molecule has 0 saturated carbocycles. The molecule has 0 unspecified atom stereocenters. The van der Waals surface area contributed by atoms with Gasteiger partial charge in [-0.3, -0.25) is 4.79 Å². The lowest BCUT2D eigenvalue weighted by Crippen LogP contribution is -2.23. The molecular weight excluding hydrogens is 250 g/mol. The SMILES string of the molecule is Nc1ccc(CNC(=O)c2ccc(F)cc2F)cc1. The highest BCUT2D eigenvalue weighted by Crippen LogP contribution is 2.10. The number of hydrogen-bond acceptors (Lipinski definition) is 2. The lowest BCUT2D eigenvalue weighted by atomic mass is 10.1. The summed E-state index contributed by atoms with van der Waals surface area (Å²) < 4.78 is 26.1. The van der Waals surface area contributed by atoms with Gasteiger partial charge in [-0.2, -0.15) is 0 Å². The van der Waals surface area contributed by atoms with Crippen molar-refractivity contribution < 1.29 is 13.6 Å². The highest BCUT2D eigenvalue weighted by molar-refractivity contribution is 5.94. The molecule has 0 spiro atoms. The molecule has 5 heteroatoms. The van der Waals surface area contributed by atoms with E-state index < -0.39 is 17.5 Å². The Kier molecular flexibility index (Phi) is 3.75. The molecule has 0 bridgehead atoms. The zero-order valence-electron chi connectivity index (χ0n) is 9.99. The van der Waals surface area contributed by atoms with Crippen LogP contribution in [0.25, 0.3) is 0 Å². The molecule has 98 valence electrons. The first-order valence-electron chi connectivity index (χ1n) is 5.64. The van der Waals surface area contributed by atoms with Gasteiger partial charge >= 0.3 is 0 Å². The monoisotopic (exact) mass is 262 g/mol. The largest absolute Gasteiger partial charge is 0.399 e. The number of rotatable bonds is 3. The van der Waals surface area contributed by atoms with Crippen LogP contribution in [0.5, 0.6) is 0 Å². The van der Waals surface area contributed by atoms with E-state index in [2.05, 4.69) is 5.32 Å². The topological polar surface area (TPSA) is 55.1 Å². The second kappa shape index (κ2) is 5.48. The Morgan fingerprint density at radius 1 is 1.11 bits per heavy atom. The highest BCUT2D eigenvalue weighted by Gasteiger charge is 2.11. The number of hydrogen-bond donors (Lipinski definition) is 2. The Morgan fingerprint density at radius 3 is 2.42 bits per heavy atom. The third-order valence-electron chi connectivity index (χ3n) is 2.61. The fraction of sp³-hybridized carbons (Fsp3) is 0.0714. The summed E-state index contributed by atoms with van der Waals surface area (Å²) in [6.07, 6.45) is 0. The maximum absolute atomic E-state index is 13.4. The predicted molar refractivity (Wildman–Crippen MR) is 68.4 cm³/mol. The lowest BCUT2D eigenvalue weighted by Gasteiger charge is -2.06. The first-order chi connectivity index (χ1) is 9.06. The van der Waals surface area contributed by atoms with Gasteiger partial charge in [-0.05, 0) is 29.8 Å². The average Bonchev–Trinajstić information content (AvgIpc) is 2.37. The van der Waals surface area contributed by atoms with Crippen LogP contribution in [0.4, 0.5) is 14.5 Å². The number of carbonyl (C=O) groups is 1. The van der Waals surface area contributed by atoms with Crippen LogP contribution in [0.1, 0.15) is 15.9 Å². The molecule has 0 aliphatic heterocycles. The molecule has 2 aromatic rings. The third-order valence-corrected chi connectivity index (χ3v) is 2.61. The molecule has 0 aliphatic carbocycles. The summed E-state index contributed by atoms with van der Waals surface area (Å²) in [5.41, 5.74) is 6.81. The number of nitrogens with one attached hydrogen (secondary N) is 1. The van der Waals surface area contributed by atoms with E-state index in [-0.39, 0.29) is 12.1 Å². The van der Waals surface area contributed by atoms with Gasteiger partial charge in [0.25, 0.3) is 5.91 Å². The number of halogens is 2. The number of anilines is 1. The normalized spacial score (nSPS) is 10.2. The molecular formula is C14H12F2N2O. The van der Waals surface area contributed by atoms with Crippen molar-refractivity contribution in [1.82, 2.24) is 5.32 Å². The highest BCUT2D eigenvalue weighted by atomic mass is 19.1. The van der Waals surface area contributed by atoms with Gasteiger partial charge in [0, 0.05) is 18.3 Å². The van der Waals surface area contributed by atoms with E-state index in [0.29, 0.717) is 11.8 Å². The van der Waals surface area contributed by atoms with Gasteiger partial charge < -0.3 is 11.1 Å². The van der Waals surface area contributed by atoms with Crippen LogP contribution in [0.2, 0.25) is 0 Å². The smallest absolute Gasteiger partial charge is 0.254 e. The van der Waals surface area contributed by atoms with Crippen molar-refractivity contribution in [2.75, 3.05) is 5.73 Å². The predicted octanol–water partition coefficient (Wildman–Crippen LogP) is 2.48. The summed E-state index contributed by atoms with van der Waals surface area (Å²) in [6, 6.07) is 9.77. The zero-order chi connectivity index (χ0) is 13.8. The van der Waals surface area contributed by atoms with Gasteiger partial charge in [-0.1, -0.05) is 12.1 Å². The Morgan fingerprint density at radius 2 is 1.79 bits per heavy atom. The van der Waals surface area contributed by atoms with E-state index in [4.69, 9.17) is 5.73 Å². The summed E-state index contributed by atoms with van der Waals surface area (Å²) in [4.78, 5) is 11.7. The molecule has 3 nitrogen and oxygen atoms in total. The standard InChI is InChI=1S/C14H12F2N2O/c15-10-3-6-12(13(16)7-10)14(19)18-8-9-1-4-11(17)5-2-9/h1-7H,8,17H2,(H,18,19). The van der Waals surface area contributed by atoms with Crippen molar-refractivity contribution in [3.05, 3.63) is 65.2 Å². The summed E-state index contributed by atoms with van der Waals surface area (Å²) in [5.74, 6) is -2.18. The molecule has 0 fully saturated rings. The van der Waals surface area contributed by atoms with Crippen LogP contribution in [-0.4, -0.2) is 5.91 Å². The summed E-state index contributed by atoms with van der Waals surface area (Å²) in [5, 5.41) is 2.55. The van der Waals surface area contributed by atoms with Gasteiger partial charge in [0.15, 0.2) is 0 Å². The lowest BCUT2D eigenvalue weighted by molar-refractivity contribution is 0.0947. The fourth-order valence-corrected chi connectivity index (χ4v) is 1.59. The van der Waals surface area contributed by atoms with Crippen molar-refractivity contribution >= 4 is 11.6 Å². The first-order valence-corrected chi connectivity index (χ1v) is 5.64. The van der Waals surface area contributed by atoms with Crippen LogP contribution < -0.4 is 11.1 Å². The van der Waals surface area contributed by atoms with Gasteiger partial charge in [0.05, 0.1) is 5.56 Å². The van der Waals surface area contributed by atoms with Gasteiger partial charge in [-0.25, -0.2) is 8.78 Å². The molecule has 19 heavy (non-hydrogen) atoms. The number of nitrogen functional groups attached to an aromatic ring is 1. The summed E-state index contributed by atoms with van der Waals surface area (Å²) in [7, 11) is 0. The van der Waals surface area contributed by atoms with Crippen molar-refractivity contribution in [2.45, 2.75) is 6.54 Å².